The standard InChI is InChI=1S/C21H23FN4O/c22-19-6-2-18(3-7-19)15-25-10-1-11-26(13-12-25)16-21(27)24-20-8-4-17(14-23)5-9-20/h2-9H,1,10-13,15-16H2,(H,24,27). The molecule has 1 aliphatic rings. The molecule has 0 saturated carbocycles. The van der Waals surface area contributed by atoms with Gasteiger partial charge in [-0.15, -0.1) is 0 Å². The summed E-state index contributed by atoms with van der Waals surface area (Å²) >= 11 is 0. The molecule has 5 nitrogen and oxygen atoms in total. The SMILES string of the molecule is N#Cc1ccc(NC(=O)CN2CCCN(Cc3ccc(F)cc3)CC2)cc1. The van der Waals surface area contributed by atoms with E-state index in [1.54, 1.807) is 24.3 Å². The molecule has 1 amide bonds. The Morgan fingerprint density at radius 1 is 1.00 bits per heavy atom. The van der Waals surface area contributed by atoms with Gasteiger partial charge in [-0.05, 0) is 61.5 Å². The van der Waals surface area contributed by atoms with Crippen molar-refractivity contribution in [2.45, 2.75) is 13.0 Å². The predicted octanol–water partition coefficient (Wildman–Crippen LogP) is 2.84. The molecule has 0 aliphatic carbocycles. The zero-order chi connectivity index (χ0) is 19.1. The van der Waals surface area contributed by atoms with Crippen LogP contribution >= 0.6 is 0 Å². The Bertz CT molecular complexity index is 798. The number of hydrogen-bond donors (Lipinski definition) is 1. The van der Waals surface area contributed by atoms with Crippen LogP contribution in [-0.4, -0.2) is 48.4 Å². The van der Waals surface area contributed by atoms with Gasteiger partial charge in [-0.1, -0.05) is 12.1 Å². The fraction of sp³-hybridized carbons (Fsp3) is 0.333. The summed E-state index contributed by atoms with van der Waals surface area (Å²) in [5, 5.41) is 11.7. The second kappa shape index (κ2) is 9.26. The Morgan fingerprint density at radius 2 is 1.67 bits per heavy atom. The van der Waals surface area contributed by atoms with Gasteiger partial charge in [-0.25, -0.2) is 4.39 Å². The van der Waals surface area contributed by atoms with E-state index in [0.717, 1.165) is 44.7 Å². The molecule has 3 rings (SSSR count). The maximum Gasteiger partial charge on any atom is 0.238 e. The van der Waals surface area contributed by atoms with Crippen molar-refractivity contribution in [2.75, 3.05) is 38.0 Å². The lowest BCUT2D eigenvalue weighted by Crippen LogP contribution is -2.36. The maximum atomic E-state index is 13.0. The van der Waals surface area contributed by atoms with Gasteiger partial charge in [-0.2, -0.15) is 5.26 Å². The highest BCUT2D eigenvalue weighted by Gasteiger charge is 2.17. The lowest BCUT2D eigenvalue weighted by Gasteiger charge is -2.21. The van der Waals surface area contributed by atoms with Crippen LogP contribution in [0.3, 0.4) is 0 Å². The fourth-order valence-corrected chi connectivity index (χ4v) is 3.22. The quantitative estimate of drug-likeness (QED) is 0.884. The minimum Gasteiger partial charge on any atom is -0.325 e. The number of anilines is 1. The number of nitrogens with one attached hydrogen (secondary N) is 1. The maximum absolute atomic E-state index is 13.0. The van der Waals surface area contributed by atoms with Gasteiger partial charge in [-0.3, -0.25) is 14.6 Å². The van der Waals surface area contributed by atoms with Crippen molar-refractivity contribution in [2.24, 2.45) is 0 Å². The number of nitriles is 1. The molecule has 1 fully saturated rings. The van der Waals surface area contributed by atoms with E-state index in [-0.39, 0.29) is 11.7 Å². The van der Waals surface area contributed by atoms with E-state index in [1.807, 2.05) is 12.1 Å². The highest BCUT2D eigenvalue weighted by Crippen LogP contribution is 2.11. The first-order chi connectivity index (χ1) is 13.1. The minimum absolute atomic E-state index is 0.0494. The molecule has 2 aromatic carbocycles. The first-order valence-electron chi connectivity index (χ1n) is 9.11. The predicted molar refractivity (Wildman–Crippen MR) is 103 cm³/mol. The number of nitrogens with zero attached hydrogens (tertiary/aromatic N) is 3. The molecule has 27 heavy (non-hydrogen) atoms. The van der Waals surface area contributed by atoms with Crippen molar-refractivity contribution in [3.8, 4) is 6.07 Å². The van der Waals surface area contributed by atoms with E-state index < -0.39 is 0 Å². The van der Waals surface area contributed by atoms with Gasteiger partial charge in [0.15, 0.2) is 0 Å². The van der Waals surface area contributed by atoms with Gasteiger partial charge in [0.05, 0.1) is 18.2 Å². The summed E-state index contributed by atoms with van der Waals surface area (Å²) in [4.78, 5) is 16.8. The van der Waals surface area contributed by atoms with E-state index in [1.165, 1.54) is 12.1 Å². The first kappa shape index (κ1) is 19.0. The Morgan fingerprint density at radius 3 is 2.37 bits per heavy atom. The first-order valence-corrected chi connectivity index (χ1v) is 9.11. The van der Waals surface area contributed by atoms with Crippen LogP contribution in [0.15, 0.2) is 48.5 Å². The van der Waals surface area contributed by atoms with Gasteiger partial charge in [0, 0.05) is 25.3 Å². The van der Waals surface area contributed by atoms with Gasteiger partial charge in [0.25, 0.3) is 0 Å². The van der Waals surface area contributed by atoms with Gasteiger partial charge >= 0.3 is 0 Å². The largest absolute Gasteiger partial charge is 0.325 e. The summed E-state index contributed by atoms with van der Waals surface area (Å²) in [6, 6.07) is 15.5. The number of carbonyl (C=O) groups excluding carboxylic acids is 1. The van der Waals surface area contributed by atoms with E-state index in [4.69, 9.17) is 5.26 Å². The summed E-state index contributed by atoms with van der Waals surface area (Å²) in [7, 11) is 0. The van der Waals surface area contributed by atoms with Crippen LogP contribution in [0.4, 0.5) is 10.1 Å². The second-order valence-electron chi connectivity index (χ2n) is 6.77. The summed E-state index contributed by atoms with van der Waals surface area (Å²) < 4.78 is 13.0. The average Bonchev–Trinajstić information content (AvgIpc) is 2.89. The Labute approximate surface area is 159 Å². The van der Waals surface area contributed by atoms with E-state index in [2.05, 4.69) is 21.2 Å². The van der Waals surface area contributed by atoms with Crippen LogP contribution in [0.2, 0.25) is 0 Å². The molecule has 6 heteroatoms. The van der Waals surface area contributed by atoms with Crippen LogP contribution in [0.5, 0.6) is 0 Å². The van der Waals surface area contributed by atoms with Gasteiger partial charge in [0.1, 0.15) is 5.82 Å². The smallest absolute Gasteiger partial charge is 0.238 e. The molecule has 1 heterocycles. The molecule has 1 aliphatic heterocycles. The van der Waals surface area contributed by atoms with Crippen LogP contribution in [-0.2, 0) is 11.3 Å². The van der Waals surface area contributed by atoms with Crippen molar-refractivity contribution in [3.05, 3.63) is 65.5 Å². The lowest BCUT2D eigenvalue weighted by molar-refractivity contribution is -0.117. The highest BCUT2D eigenvalue weighted by molar-refractivity contribution is 5.92. The van der Waals surface area contributed by atoms with Crippen molar-refractivity contribution in [3.63, 3.8) is 0 Å². The zero-order valence-corrected chi connectivity index (χ0v) is 15.2. The van der Waals surface area contributed by atoms with Crippen molar-refractivity contribution >= 4 is 11.6 Å². The Kier molecular flexibility index (Phi) is 6.53. The summed E-state index contributed by atoms with van der Waals surface area (Å²) in [5.41, 5.74) is 2.37. The molecular formula is C21H23FN4O. The molecule has 140 valence electrons. The van der Waals surface area contributed by atoms with Crippen LogP contribution < -0.4 is 5.32 Å². The fourth-order valence-electron chi connectivity index (χ4n) is 3.22. The minimum atomic E-state index is -0.214. The van der Waals surface area contributed by atoms with E-state index in [0.29, 0.717) is 17.8 Å². The summed E-state index contributed by atoms with van der Waals surface area (Å²) in [6.07, 6.45) is 0.991. The van der Waals surface area contributed by atoms with Crippen molar-refractivity contribution in [1.82, 2.24) is 9.80 Å². The Hall–Kier alpha value is -2.75. The molecule has 0 aromatic heterocycles. The summed E-state index contributed by atoms with van der Waals surface area (Å²) in [5.74, 6) is -0.263. The van der Waals surface area contributed by atoms with Crippen LogP contribution in [0.25, 0.3) is 0 Å². The monoisotopic (exact) mass is 366 g/mol. The topological polar surface area (TPSA) is 59.4 Å². The molecule has 1 saturated heterocycles. The van der Waals surface area contributed by atoms with Crippen LogP contribution in [0, 0.1) is 17.1 Å². The van der Waals surface area contributed by atoms with Crippen molar-refractivity contribution in [1.29, 1.82) is 5.26 Å². The molecule has 0 atom stereocenters. The third-order valence-corrected chi connectivity index (χ3v) is 4.67. The normalized spacial score (nSPS) is 15.7. The molecule has 2 aromatic rings. The molecule has 0 bridgehead atoms. The molecule has 1 N–H and O–H groups in total. The van der Waals surface area contributed by atoms with Gasteiger partial charge < -0.3 is 5.32 Å². The number of benzene rings is 2. The number of rotatable bonds is 5. The highest BCUT2D eigenvalue weighted by atomic mass is 19.1. The third kappa shape index (κ3) is 5.88. The number of carbonyl (C=O) groups is 1. The van der Waals surface area contributed by atoms with E-state index in [9.17, 15) is 9.18 Å². The lowest BCUT2D eigenvalue weighted by atomic mass is 10.2. The zero-order valence-electron chi connectivity index (χ0n) is 15.2. The molecule has 0 radical (unpaired) electrons. The summed E-state index contributed by atoms with van der Waals surface area (Å²) in [6.45, 7) is 4.69. The molecule has 0 unspecified atom stereocenters. The van der Waals surface area contributed by atoms with E-state index >= 15 is 0 Å². The van der Waals surface area contributed by atoms with Crippen molar-refractivity contribution < 1.29 is 9.18 Å². The Balaban J connectivity index is 1.46. The second-order valence-corrected chi connectivity index (χ2v) is 6.77. The molecular weight excluding hydrogens is 343 g/mol. The number of hydrogen-bond acceptors (Lipinski definition) is 4. The van der Waals surface area contributed by atoms with Gasteiger partial charge in [0.2, 0.25) is 5.91 Å². The third-order valence-electron chi connectivity index (χ3n) is 4.67. The van der Waals surface area contributed by atoms with Crippen LogP contribution in [0.1, 0.15) is 17.5 Å². The molecule has 0 spiro atoms. The number of amides is 1. The number of halogens is 1. The average molecular weight is 366 g/mol.